The van der Waals surface area contributed by atoms with E-state index in [2.05, 4.69) is 25.2 Å². The zero-order valence-corrected chi connectivity index (χ0v) is 20.4. The summed E-state index contributed by atoms with van der Waals surface area (Å²) < 4.78 is 39.8. The number of carbonyl (C=O) groups is 1. The number of alkyl halides is 3. The van der Waals surface area contributed by atoms with Crippen molar-refractivity contribution in [2.75, 3.05) is 12.3 Å². The van der Waals surface area contributed by atoms with Gasteiger partial charge in [0.15, 0.2) is 0 Å². The van der Waals surface area contributed by atoms with Crippen molar-refractivity contribution in [3.05, 3.63) is 64.2 Å². The molecular formula is C28H34F3N3O. The molecule has 4 nitrogen and oxygen atoms in total. The lowest BCUT2D eigenvalue weighted by molar-refractivity contribution is -0.145. The number of anilines is 1. The molecule has 0 saturated heterocycles. The first-order chi connectivity index (χ1) is 16.6. The van der Waals surface area contributed by atoms with Crippen molar-refractivity contribution in [2.24, 2.45) is 11.3 Å². The summed E-state index contributed by atoms with van der Waals surface area (Å²) in [5, 5.41) is 3.82. The van der Waals surface area contributed by atoms with Crippen molar-refractivity contribution in [3.63, 3.8) is 0 Å². The summed E-state index contributed by atoms with van der Waals surface area (Å²) in [4.78, 5) is 15.7. The number of halogens is 3. The molecule has 3 N–H and O–H groups in total. The zero-order valence-electron chi connectivity index (χ0n) is 20.4. The maximum Gasteiger partial charge on any atom is 0.416 e. The van der Waals surface area contributed by atoms with Gasteiger partial charge in [0.1, 0.15) is 0 Å². The van der Waals surface area contributed by atoms with E-state index in [0.717, 1.165) is 49.4 Å². The summed E-state index contributed by atoms with van der Waals surface area (Å²) in [6, 6.07) is 10.5. The predicted octanol–water partition coefficient (Wildman–Crippen LogP) is 5.64. The lowest BCUT2D eigenvalue weighted by Gasteiger charge is -2.40. The SMILES string of the molecule is CC(C)[C@]1(C(=O)N2CCc3ccc(C(F)(F)F)cc3C2)CC[C@@H](NC2CCc3c(N)cccc32)C1. The van der Waals surface area contributed by atoms with Crippen LogP contribution in [-0.4, -0.2) is 23.4 Å². The van der Waals surface area contributed by atoms with Crippen LogP contribution in [0.1, 0.15) is 73.4 Å². The molecule has 35 heavy (non-hydrogen) atoms. The molecule has 1 aliphatic heterocycles. The van der Waals surface area contributed by atoms with Gasteiger partial charge in [-0.1, -0.05) is 32.0 Å². The number of nitrogens with zero attached hydrogens (tertiary/aromatic N) is 1. The van der Waals surface area contributed by atoms with E-state index in [1.54, 1.807) is 11.0 Å². The van der Waals surface area contributed by atoms with Crippen molar-refractivity contribution in [1.82, 2.24) is 10.2 Å². The van der Waals surface area contributed by atoms with Gasteiger partial charge in [-0.15, -0.1) is 0 Å². The van der Waals surface area contributed by atoms with Crippen molar-refractivity contribution in [3.8, 4) is 0 Å². The first kappa shape index (κ1) is 24.2. The number of fused-ring (bicyclic) bond motifs is 2. The van der Waals surface area contributed by atoms with Gasteiger partial charge in [0, 0.05) is 30.9 Å². The number of rotatable bonds is 4. The highest BCUT2D eigenvalue weighted by Gasteiger charge is 2.50. The second-order valence-electron chi connectivity index (χ2n) is 10.9. The molecule has 5 rings (SSSR count). The molecule has 1 amide bonds. The Morgan fingerprint density at radius 3 is 2.69 bits per heavy atom. The fourth-order valence-electron chi connectivity index (χ4n) is 6.55. The van der Waals surface area contributed by atoms with Crippen LogP contribution in [-0.2, 0) is 30.4 Å². The van der Waals surface area contributed by atoms with Gasteiger partial charge >= 0.3 is 6.18 Å². The van der Waals surface area contributed by atoms with Crippen LogP contribution in [0.15, 0.2) is 36.4 Å². The molecule has 2 aromatic rings. The van der Waals surface area contributed by atoms with E-state index in [4.69, 9.17) is 5.73 Å². The van der Waals surface area contributed by atoms with E-state index in [-0.39, 0.29) is 30.5 Å². The predicted molar refractivity (Wildman–Crippen MR) is 131 cm³/mol. The Labute approximate surface area is 205 Å². The molecule has 0 radical (unpaired) electrons. The van der Waals surface area contributed by atoms with Gasteiger partial charge < -0.3 is 16.0 Å². The molecule has 1 unspecified atom stereocenters. The summed E-state index contributed by atoms with van der Waals surface area (Å²) in [6.07, 6.45) is 0.651. The third kappa shape index (κ3) is 4.32. The van der Waals surface area contributed by atoms with Crippen molar-refractivity contribution < 1.29 is 18.0 Å². The average molecular weight is 486 g/mol. The molecule has 1 heterocycles. The highest BCUT2D eigenvalue weighted by atomic mass is 19.4. The van der Waals surface area contributed by atoms with E-state index < -0.39 is 17.2 Å². The van der Waals surface area contributed by atoms with E-state index in [9.17, 15) is 18.0 Å². The van der Waals surface area contributed by atoms with Crippen LogP contribution >= 0.6 is 0 Å². The highest BCUT2D eigenvalue weighted by Crippen LogP contribution is 2.48. The van der Waals surface area contributed by atoms with Gasteiger partial charge in [-0.2, -0.15) is 13.2 Å². The molecule has 2 aromatic carbocycles. The van der Waals surface area contributed by atoms with Crippen LogP contribution in [0.5, 0.6) is 0 Å². The van der Waals surface area contributed by atoms with E-state index in [0.29, 0.717) is 18.5 Å². The quantitative estimate of drug-likeness (QED) is 0.551. The van der Waals surface area contributed by atoms with Gasteiger partial charge in [-0.05, 0) is 84.9 Å². The van der Waals surface area contributed by atoms with Gasteiger partial charge in [-0.3, -0.25) is 4.79 Å². The van der Waals surface area contributed by atoms with Crippen LogP contribution in [0.3, 0.4) is 0 Å². The number of nitrogen functional groups attached to an aromatic ring is 1. The maximum atomic E-state index is 13.9. The average Bonchev–Trinajstić information content (AvgIpc) is 3.44. The first-order valence-electron chi connectivity index (χ1n) is 12.7. The molecule has 3 aliphatic rings. The molecule has 7 heteroatoms. The van der Waals surface area contributed by atoms with Crippen LogP contribution in [0, 0.1) is 11.3 Å². The standard InChI is InChI=1S/C28H34F3N3O/c1-17(2)27(12-10-21(15-27)33-25-9-8-22-23(25)4-3-5-24(22)32)26(35)34-13-11-18-6-7-20(28(29,30)31)14-19(18)16-34/h3-7,14,17,21,25,33H,8-13,15-16,32H2,1-2H3/t21-,25?,27+/m1/s1. The van der Waals surface area contributed by atoms with Gasteiger partial charge in [0.25, 0.3) is 0 Å². The maximum absolute atomic E-state index is 13.9. The van der Waals surface area contributed by atoms with Gasteiger partial charge in [0.05, 0.1) is 11.0 Å². The minimum atomic E-state index is -4.38. The number of nitrogens with two attached hydrogens (primary N) is 1. The van der Waals surface area contributed by atoms with Gasteiger partial charge in [0.2, 0.25) is 5.91 Å². The fourth-order valence-corrected chi connectivity index (χ4v) is 6.55. The molecule has 1 fully saturated rings. The monoisotopic (exact) mass is 485 g/mol. The Morgan fingerprint density at radius 2 is 1.94 bits per heavy atom. The first-order valence-corrected chi connectivity index (χ1v) is 12.7. The lowest BCUT2D eigenvalue weighted by atomic mass is 9.73. The lowest BCUT2D eigenvalue weighted by Crippen LogP contribution is -2.48. The number of nitrogens with one attached hydrogen (secondary N) is 1. The van der Waals surface area contributed by atoms with Crippen LogP contribution in [0.4, 0.5) is 18.9 Å². The van der Waals surface area contributed by atoms with Crippen LogP contribution in [0.25, 0.3) is 0 Å². The normalized spacial score (nSPS) is 26.2. The summed E-state index contributed by atoms with van der Waals surface area (Å²) in [7, 11) is 0. The summed E-state index contributed by atoms with van der Waals surface area (Å²) in [5.74, 6) is 0.243. The van der Waals surface area contributed by atoms with Crippen molar-refractivity contribution in [2.45, 2.75) is 77.2 Å². The van der Waals surface area contributed by atoms with Gasteiger partial charge in [-0.25, -0.2) is 0 Å². The minimum Gasteiger partial charge on any atom is -0.398 e. The van der Waals surface area contributed by atoms with E-state index in [1.165, 1.54) is 17.2 Å². The summed E-state index contributed by atoms with van der Waals surface area (Å²) >= 11 is 0. The molecule has 188 valence electrons. The Bertz CT molecular complexity index is 1130. The number of amides is 1. The smallest absolute Gasteiger partial charge is 0.398 e. The molecule has 2 aliphatic carbocycles. The number of hydrogen-bond acceptors (Lipinski definition) is 3. The molecule has 0 spiro atoms. The fraction of sp³-hybridized carbons (Fsp3) is 0.536. The highest BCUT2D eigenvalue weighted by molar-refractivity contribution is 5.84. The van der Waals surface area contributed by atoms with Crippen LogP contribution < -0.4 is 11.1 Å². The summed E-state index contributed by atoms with van der Waals surface area (Å²) in [5.41, 5.74) is 9.92. The second kappa shape index (κ2) is 8.84. The number of benzene rings is 2. The molecule has 1 saturated carbocycles. The topological polar surface area (TPSA) is 58.4 Å². The van der Waals surface area contributed by atoms with E-state index >= 15 is 0 Å². The molecule has 3 atom stereocenters. The zero-order chi connectivity index (χ0) is 25.0. The molecular weight excluding hydrogens is 451 g/mol. The Hall–Kier alpha value is -2.54. The second-order valence-corrected chi connectivity index (χ2v) is 10.9. The third-order valence-corrected chi connectivity index (χ3v) is 8.66. The van der Waals surface area contributed by atoms with Crippen molar-refractivity contribution in [1.29, 1.82) is 0 Å². The Balaban J connectivity index is 1.32. The van der Waals surface area contributed by atoms with E-state index in [1.807, 2.05) is 12.1 Å². The molecule has 0 aromatic heterocycles. The number of hydrogen-bond donors (Lipinski definition) is 2. The summed E-state index contributed by atoms with van der Waals surface area (Å²) in [6.45, 7) is 5.01. The van der Waals surface area contributed by atoms with Crippen molar-refractivity contribution >= 4 is 11.6 Å². The van der Waals surface area contributed by atoms with Crippen LogP contribution in [0.2, 0.25) is 0 Å². The molecule has 0 bridgehead atoms. The Kier molecular flexibility index (Phi) is 6.10. The largest absolute Gasteiger partial charge is 0.416 e. The Morgan fingerprint density at radius 1 is 1.14 bits per heavy atom. The third-order valence-electron chi connectivity index (χ3n) is 8.66. The number of carbonyl (C=O) groups excluding carboxylic acids is 1. The minimum absolute atomic E-state index is 0.0935.